The average Bonchev–Trinajstić information content (AvgIpc) is 3.80. The number of nitrogens with one attached hydrogen (secondary N) is 2. The highest BCUT2D eigenvalue weighted by Crippen LogP contribution is 2.47. The summed E-state index contributed by atoms with van der Waals surface area (Å²) in [6, 6.07) is 17.2. The summed E-state index contributed by atoms with van der Waals surface area (Å²) < 4.78 is 50.8. The Bertz CT molecular complexity index is 2480. The second-order valence-electron chi connectivity index (χ2n) is 18.2. The number of carbonyl (C=O) groups is 3. The molecule has 16 heteroatoms. The first-order chi connectivity index (χ1) is 29.8. The molecule has 3 atom stereocenters. The zero-order valence-corrected chi connectivity index (χ0v) is 34.7. The van der Waals surface area contributed by atoms with Crippen molar-refractivity contribution in [1.29, 1.82) is 0 Å². The third-order valence-corrected chi connectivity index (χ3v) is 14.3. The molecule has 3 amide bonds. The third-order valence-electron chi connectivity index (χ3n) is 14.3. The highest BCUT2D eigenvalue weighted by Gasteiger charge is 2.56. The van der Waals surface area contributed by atoms with Crippen LogP contribution in [0.15, 0.2) is 60.7 Å². The lowest BCUT2D eigenvalue weighted by molar-refractivity contribution is -0.136. The third kappa shape index (κ3) is 6.77. The minimum absolute atomic E-state index is 0.0495. The Kier molecular flexibility index (Phi) is 9.83. The normalized spacial score (nSPS) is 24.7. The van der Waals surface area contributed by atoms with Crippen LogP contribution in [0.25, 0.3) is 11.3 Å². The molecule has 0 saturated carbocycles. The lowest BCUT2D eigenvalue weighted by atomic mass is 9.82. The van der Waals surface area contributed by atoms with E-state index in [0.717, 1.165) is 62.8 Å². The topological polar surface area (TPSA) is 143 Å². The number of halogens is 3. The van der Waals surface area contributed by atoms with E-state index in [1.54, 1.807) is 15.9 Å². The molecule has 10 rings (SSSR count). The number of carbonyl (C=O) groups excluding carboxylic acids is 3. The van der Waals surface area contributed by atoms with Gasteiger partial charge in [-0.2, -0.15) is 0 Å². The number of hydrogen-bond donors (Lipinski definition) is 3. The molecule has 3 saturated heterocycles. The number of aromatic nitrogens is 2. The summed E-state index contributed by atoms with van der Waals surface area (Å²) >= 11 is 0. The first kappa shape index (κ1) is 40.2. The largest absolute Gasteiger partial charge is 0.504 e. The summed E-state index contributed by atoms with van der Waals surface area (Å²) in [5.74, 6) is -0.780. The van der Waals surface area contributed by atoms with Crippen LogP contribution in [0.3, 0.4) is 0 Å². The number of benzene rings is 3. The van der Waals surface area contributed by atoms with Crippen LogP contribution in [0.5, 0.6) is 11.5 Å². The molecule has 0 spiro atoms. The number of imide groups is 1. The number of alkyl halides is 2. The van der Waals surface area contributed by atoms with Gasteiger partial charge in [0.15, 0.2) is 17.4 Å². The van der Waals surface area contributed by atoms with E-state index in [-0.39, 0.29) is 54.5 Å². The van der Waals surface area contributed by atoms with Crippen LogP contribution in [0, 0.1) is 11.7 Å². The van der Waals surface area contributed by atoms with Crippen LogP contribution < -0.4 is 25.2 Å². The van der Waals surface area contributed by atoms with Crippen LogP contribution in [-0.4, -0.2) is 106 Å². The standard InChI is InChI=1S/C46H49F3N8O5/c1-45(2)34-9-8-30(62-31-21-46(44(48)49)25-50-41-38(57(46)24-31)20-36(52-53-41)32-4-3-5-35(47)40(32)59)18-27(34)14-17-55(45)22-26-12-15-54(16-13-26)29-7-6-28-23-56(43(61)33(28)19-29)37-10-11-39(58)51-42(37)60/h3-9,18-20,26,31,37,44,59H,10-17,21-25H2,1-2H3,(H,50,53)(H,51,58,60)/t31-,37+,46-/m1/s1. The molecule has 4 aromatic rings. The first-order valence-corrected chi connectivity index (χ1v) is 21.5. The van der Waals surface area contributed by atoms with Gasteiger partial charge in [0.1, 0.15) is 23.4 Å². The fourth-order valence-electron chi connectivity index (χ4n) is 10.7. The van der Waals surface area contributed by atoms with Gasteiger partial charge in [-0.15, -0.1) is 10.2 Å². The van der Waals surface area contributed by atoms with Gasteiger partial charge in [-0.3, -0.25) is 24.6 Å². The van der Waals surface area contributed by atoms with Crippen molar-refractivity contribution in [2.45, 2.75) is 88.6 Å². The minimum Gasteiger partial charge on any atom is -0.504 e. The lowest BCUT2D eigenvalue weighted by Gasteiger charge is -2.46. The Morgan fingerprint density at radius 3 is 2.55 bits per heavy atom. The lowest BCUT2D eigenvalue weighted by Crippen LogP contribution is -2.57. The van der Waals surface area contributed by atoms with E-state index in [9.17, 15) is 23.9 Å². The highest BCUT2D eigenvalue weighted by atomic mass is 19.3. The van der Waals surface area contributed by atoms with E-state index < -0.39 is 41.6 Å². The van der Waals surface area contributed by atoms with Crippen LogP contribution >= 0.6 is 0 Å². The molecule has 0 radical (unpaired) electrons. The molecule has 324 valence electrons. The first-order valence-electron chi connectivity index (χ1n) is 21.5. The summed E-state index contributed by atoms with van der Waals surface area (Å²) in [5.41, 5.74) is 3.84. The number of para-hydroxylation sites is 1. The van der Waals surface area contributed by atoms with Crippen molar-refractivity contribution >= 4 is 34.9 Å². The summed E-state index contributed by atoms with van der Waals surface area (Å²) in [5, 5.41) is 24.1. The van der Waals surface area contributed by atoms with E-state index in [1.807, 2.05) is 18.2 Å². The van der Waals surface area contributed by atoms with Crippen LogP contribution in [-0.2, 0) is 28.1 Å². The minimum atomic E-state index is -2.71. The van der Waals surface area contributed by atoms with Crippen molar-refractivity contribution < 1.29 is 37.4 Å². The van der Waals surface area contributed by atoms with Crippen molar-refractivity contribution in [3.05, 3.63) is 88.7 Å². The number of amides is 3. The van der Waals surface area contributed by atoms with Gasteiger partial charge in [-0.25, -0.2) is 13.2 Å². The molecule has 3 aromatic carbocycles. The molecule has 62 heavy (non-hydrogen) atoms. The predicted octanol–water partition coefficient (Wildman–Crippen LogP) is 5.85. The molecule has 7 heterocycles. The van der Waals surface area contributed by atoms with Crippen LogP contribution in [0.2, 0.25) is 0 Å². The van der Waals surface area contributed by atoms with E-state index in [2.05, 4.69) is 62.7 Å². The summed E-state index contributed by atoms with van der Waals surface area (Å²) in [6.45, 7) is 8.59. The average molecular weight is 851 g/mol. The monoisotopic (exact) mass is 850 g/mol. The molecule has 6 aliphatic rings. The SMILES string of the molecule is CC1(C)c2ccc(O[C@H]3CN4c5cc(-c6cccc(F)c6O)nnc5NC[C@@]4(C(F)F)C3)cc2CCN1CC1CCN(c2ccc3c(c2)C(=O)N([C@H]2CCC(=O)NC2=O)C3)CC1. The van der Waals surface area contributed by atoms with Crippen molar-refractivity contribution in [2.24, 2.45) is 5.92 Å². The van der Waals surface area contributed by atoms with Gasteiger partial charge < -0.3 is 29.9 Å². The van der Waals surface area contributed by atoms with Gasteiger partial charge >= 0.3 is 0 Å². The number of aromatic hydroxyl groups is 1. The maximum absolute atomic E-state index is 15.1. The maximum atomic E-state index is 15.1. The Hall–Kier alpha value is -5.90. The molecule has 3 fully saturated rings. The number of nitrogens with zero attached hydrogens (tertiary/aromatic N) is 6. The van der Waals surface area contributed by atoms with E-state index in [4.69, 9.17) is 4.74 Å². The Labute approximate surface area is 357 Å². The van der Waals surface area contributed by atoms with Gasteiger partial charge in [0.25, 0.3) is 12.3 Å². The van der Waals surface area contributed by atoms with E-state index >= 15 is 8.78 Å². The number of hydrogen-bond acceptors (Lipinski definition) is 11. The number of ether oxygens (including phenoxy) is 1. The van der Waals surface area contributed by atoms with Crippen molar-refractivity contribution in [3.8, 4) is 22.8 Å². The molecular weight excluding hydrogens is 802 g/mol. The van der Waals surface area contributed by atoms with Crippen molar-refractivity contribution in [2.75, 3.05) is 54.4 Å². The smallest absolute Gasteiger partial charge is 0.263 e. The fourth-order valence-corrected chi connectivity index (χ4v) is 10.7. The van der Waals surface area contributed by atoms with E-state index in [1.165, 1.54) is 23.3 Å². The predicted molar refractivity (Wildman–Crippen MR) is 225 cm³/mol. The number of phenols is 1. The molecule has 1 aromatic heterocycles. The number of rotatable bonds is 8. The second-order valence-corrected chi connectivity index (χ2v) is 18.2. The van der Waals surface area contributed by atoms with Crippen molar-refractivity contribution in [1.82, 2.24) is 25.3 Å². The van der Waals surface area contributed by atoms with Gasteiger partial charge in [0.2, 0.25) is 11.8 Å². The quantitative estimate of drug-likeness (QED) is 0.184. The van der Waals surface area contributed by atoms with Crippen LogP contribution in [0.1, 0.15) is 73.0 Å². The fraction of sp³-hybridized carbons (Fsp3) is 0.457. The summed E-state index contributed by atoms with van der Waals surface area (Å²) in [4.78, 5) is 45.8. The second kappa shape index (κ2) is 15.2. The Morgan fingerprint density at radius 1 is 0.935 bits per heavy atom. The highest BCUT2D eigenvalue weighted by molar-refractivity contribution is 6.05. The van der Waals surface area contributed by atoms with Crippen molar-refractivity contribution in [3.63, 3.8) is 0 Å². The van der Waals surface area contributed by atoms with E-state index in [0.29, 0.717) is 41.7 Å². The Balaban J connectivity index is 0.776. The molecular formula is C46H49F3N8O5. The molecule has 3 N–H and O–H groups in total. The number of phenolic OH excluding ortho intramolecular Hbond substituents is 1. The molecule has 6 aliphatic heterocycles. The van der Waals surface area contributed by atoms with Gasteiger partial charge in [-0.05, 0) is 105 Å². The number of piperidine rings is 2. The zero-order chi connectivity index (χ0) is 43.1. The molecule has 0 aliphatic carbocycles. The zero-order valence-electron chi connectivity index (χ0n) is 34.7. The number of anilines is 3. The van der Waals surface area contributed by atoms with Crippen LogP contribution in [0.4, 0.5) is 30.4 Å². The summed E-state index contributed by atoms with van der Waals surface area (Å²) in [7, 11) is 0. The summed E-state index contributed by atoms with van der Waals surface area (Å²) in [6.07, 6.45) is 0.251. The maximum Gasteiger partial charge on any atom is 0.263 e. The van der Waals surface area contributed by atoms with Gasteiger partial charge in [-0.1, -0.05) is 18.2 Å². The molecule has 0 bridgehead atoms. The molecule has 13 nitrogen and oxygen atoms in total. The van der Waals surface area contributed by atoms with Gasteiger partial charge in [0.05, 0.1) is 17.9 Å². The Morgan fingerprint density at radius 2 is 1.76 bits per heavy atom. The van der Waals surface area contributed by atoms with Gasteiger partial charge in [0, 0.05) is 74.5 Å². The molecule has 0 unspecified atom stereocenters. The number of fused-ring (bicyclic) bond motifs is 5.